The molecule has 0 fully saturated rings. The third-order valence-electron chi connectivity index (χ3n) is 2.65. The SMILES string of the molecule is COc1cccc(CNC(=O)C(C)(N)C(F)(F)F)c1. The Hall–Kier alpha value is -1.76. The summed E-state index contributed by atoms with van der Waals surface area (Å²) in [6.45, 7) is 0.576. The number of nitrogens with two attached hydrogens (primary N) is 1. The van der Waals surface area contributed by atoms with Crippen molar-refractivity contribution in [2.24, 2.45) is 5.73 Å². The number of nitrogens with one attached hydrogen (secondary N) is 1. The fourth-order valence-electron chi connectivity index (χ4n) is 1.28. The maximum atomic E-state index is 12.5. The van der Waals surface area contributed by atoms with Crippen LogP contribution in [0.3, 0.4) is 0 Å². The molecular weight excluding hydrogens is 261 g/mol. The highest BCUT2D eigenvalue weighted by Gasteiger charge is 2.53. The van der Waals surface area contributed by atoms with Crippen molar-refractivity contribution in [2.75, 3.05) is 7.11 Å². The Labute approximate surface area is 108 Å². The number of carbonyl (C=O) groups is 1. The van der Waals surface area contributed by atoms with Gasteiger partial charge in [0, 0.05) is 6.54 Å². The van der Waals surface area contributed by atoms with Gasteiger partial charge in [-0.3, -0.25) is 4.79 Å². The van der Waals surface area contributed by atoms with Gasteiger partial charge in [0.2, 0.25) is 5.91 Å². The van der Waals surface area contributed by atoms with Crippen molar-refractivity contribution < 1.29 is 22.7 Å². The van der Waals surface area contributed by atoms with Crippen LogP contribution in [-0.2, 0) is 11.3 Å². The molecule has 4 nitrogen and oxygen atoms in total. The number of amides is 1. The lowest BCUT2D eigenvalue weighted by atomic mass is 10.0. The van der Waals surface area contributed by atoms with Gasteiger partial charge in [0.05, 0.1) is 7.11 Å². The quantitative estimate of drug-likeness (QED) is 0.877. The molecule has 1 unspecified atom stereocenters. The third-order valence-corrected chi connectivity index (χ3v) is 2.65. The minimum absolute atomic E-state index is 0.0566. The number of ether oxygens (including phenoxy) is 1. The first-order valence-corrected chi connectivity index (χ1v) is 5.45. The molecule has 0 aliphatic heterocycles. The maximum absolute atomic E-state index is 12.5. The van der Waals surface area contributed by atoms with Gasteiger partial charge in [0.25, 0.3) is 0 Å². The van der Waals surface area contributed by atoms with Crippen molar-refractivity contribution in [3.05, 3.63) is 29.8 Å². The normalized spacial score (nSPS) is 14.6. The number of rotatable bonds is 4. The van der Waals surface area contributed by atoms with Crippen LogP contribution >= 0.6 is 0 Å². The van der Waals surface area contributed by atoms with E-state index in [4.69, 9.17) is 10.5 Å². The summed E-state index contributed by atoms with van der Waals surface area (Å²) in [5.41, 5.74) is 2.70. The Morgan fingerprint density at radius 1 is 1.42 bits per heavy atom. The second-order valence-corrected chi connectivity index (χ2v) is 4.23. The average Bonchev–Trinajstić information content (AvgIpc) is 2.34. The second kappa shape index (κ2) is 5.48. The van der Waals surface area contributed by atoms with Gasteiger partial charge in [-0.25, -0.2) is 0 Å². The van der Waals surface area contributed by atoms with Crippen molar-refractivity contribution >= 4 is 5.91 Å². The van der Waals surface area contributed by atoms with E-state index in [1.807, 2.05) is 0 Å². The first-order valence-electron chi connectivity index (χ1n) is 5.45. The van der Waals surface area contributed by atoms with Crippen molar-refractivity contribution in [2.45, 2.75) is 25.2 Å². The minimum Gasteiger partial charge on any atom is -0.497 e. The van der Waals surface area contributed by atoms with E-state index in [2.05, 4.69) is 5.32 Å². The summed E-state index contributed by atoms with van der Waals surface area (Å²) in [6.07, 6.45) is -4.80. The second-order valence-electron chi connectivity index (χ2n) is 4.23. The van der Waals surface area contributed by atoms with Crippen LogP contribution in [0, 0.1) is 0 Å². The summed E-state index contributed by atoms with van der Waals surface area (Å²) in [5.74, 6) is -0.721. The van der Waals surface area contributed by atoms with E-state index in [1.165, 1.54) is 7.11 Å². The van der Waals surface area contributed by atoms with E-state index in [0.29, 0.717) is 18.2 Å². The molecule has 106 valence electrons. The molecule has 0 aliphatic carbocycles. The van der Waals surface area contributed by atoms with E-state index in [1.54, 1.807) is 24.3 Å². The molecule has 1 rings (SSSR count). The van der Waals surface area contributed by atoms with Crippen LogP contribution in [0.1, 0.15) is 12.5 Å². The largest absolute Gasteiger partial charge is 0.497 e. The molecule has 0 heterocycles. The smallest absolute Gasteiger partial charge is 0.415 e. The molecule has 0 bridgehead atoms. The lowest BCUT2D eigenvalue weighted by Gasteiger charge is -2.26. The van der Waals surface area contributed by atoms with Crippen LogP contribution in [-0.4, -0.2) is 24.7 Å². The molecule has 0 aromatic heterocycles. The van der Waals surface area contributed by atoms with Gasteiger partial charge in [-0.05, 0) is 24.6 Å². The van der Waals surface area contributed by atoms with Crippen molar-refractivity contribution in [3.63, 3.8) is 0 Å². The number of halogens is 3. The zero-order valence-electron chi connectivity index (χ0n) is 10.5. The standard InChI is InChI=1S/C12H15F3N2O2/c1-11(16,12(13,14)15)10(18)17-7-8-4-3-5-9(6-8)19-2/h3-6H,7,16H2,1-2H3,(H,17,18). The molecule has 0 saturated heterocycles. The van der Waals surface area contributed by atoms with Gasteiger partial charge < -0.3 is 15.8 Å². The summed E-state index contributed by atoms with van der Waals surface area (Å²) < 4.78 is 42.5. The van der Waals surface area contributed by atoms with E-state index < -0.39 is 17.6 Å². The zero-order valence-corrected chi connectivity index (χ0v) is 10.5. The van der Waals surface area contributed by atoms with Gasteiger partial charge >= 0.3 is 6.18 Å². The van der Waals surface area contributed by atoms with Gasteiger partial charge in [0.15, 0.2) is 5.54 Å². The minimum atomic E-state index is -4.80. The molecule has 0 saturated carbocycles. The van der Waals surface area contributed by atoms with Crippen LogP contribution in [0.15, 0.2) is 24.3 Å². The van der Waals surface area contributed by atoms with Crippen molar-refractivity contribution in [1.29, 1.82) is 0 Å². The summed E-state index contributed by atoms with van der Waals surface area (Å²) in [5, 5.41) is 2.16. The number of hydrogen-bond donors (Lipinski definition) is 2. The summed E-state index contributed by atoms with van der Waals surface area (Å²) in [6, 6.07) is 6.63. The molecule has 1 atom stereocenters. The van der Waals surface area contributed by atoms with Crippen molar-refractivity contribution in [3.8, 4) is 5.75 Å². The van der Waals surface area contributed by atoms with E-state index in [9.17, 15) is 18.0 Å². The van der Waals surface area contributed by atoms with Crippen molar-refractivity contribution in [1.82, 2.24) is 5.32 Å². The Kier molecular flexibility index (Phi) is 4.41. The number of hydrogen-bond acceptors (Lipinski definition) is 3. The van der Waals surface area contributed by atoms with Gasteiger partial charge in [-0.15, -0.1) is 0 Å². The fourth-order valence-corrected chi connectivity index (χ4v) is 1.28. The lowest BCUT2D eigenvalue weighted by molar-refractivity contribution is -0.187. The average molecular weight is 276 g/mol. The van der Waals surface area contributed by atoms with Crippen LogP contribution < -0.4 is 15.8 Å². The molecule has 7 heteroatoms. The molecule has 0 aliphatic rings. The fraction of sp³-hybridized carbons (Fsp3) is 0.417. The molecule has 19 heavy (non-hydrogen) atoms. The molecule has 1 amide bonds. The number of benzene rings is 1. The highest BCUT2D eigenvalue weighted by Crippen LogP contribution is 2.28. The van der Waals surface area contributed by atoms with E-state index >= 15 is 0 Å². The van der Waals surface area contributed by atoms with Gasteiger partial charge in [0.1, 0.15) is 5.75 Å². The first-order chi connectivity index (χ1) is 8.68. The molecular formula is C12H15F3N2O2. The predicted molar refractivity (Wildman–Crippen MR) is 63.5 cm³/mol. The van der Waals surface area contributed by atoms with Crippen LogP contribution in [0.25, 0.3) is 0 Å². The van der Waals surface area contributed by atoms with Gasteiger partial charge in [-0.2, -0.15) is 13.2 Å². The number of alkyl halides is 3. The molecule has 3 N–H and O–H groups in total. The Bertz CT molecular complexity index is 459. The maximum Gasteiger partial charge on any atom is 0.415 e. The highest BCUT2D eigenvalue weighted by atomic mass is 19.4. The number of carbonyl (C=O) groups excluding carboxylic acids is 1. The first kappa shape index (κ1) is 15.3. The monoisotopic (exact) mass is 276 g/mol. The van der Waals surface area contributed by atoms with Gasteiger partial charge in [-0.1, -0.05) is 12.1 Å². The van der Waals surface area contributed by atoms with Crippen LogP contribution in [0.5, 0.6) is 5.75 Å². The third kappa shape index (κ3) is 3.60. The zero-order chi connectivity index (χ0) is 14.7. The summed E-state index contributed by atoms with van der Waals surface area (Å²) in [7, 11) is 1.47. The predicted octanol–water partition coefficient (Wildman–Crippen LogP) is 1.59. The summed E-state index contributed by atoms with van der Waals surface area (Å²) in [4.78, 5) is 11.5. The summed E-state index contributed by atoms with van der Waals surface area (Å²) >= 11 is 0. The van der Waals surface area contributed by atoms with E-state index in [-0.39, 0.29) is 6.54 Å². The Morgan fingerprint density at radius 2 is 2.05 bits per heavy atom. The molecule has 1 aromatic rings. The van der Waals surface area contributed by atoms with Crippen LogP contribution in [0.4, 0.5) is 13.2 Å². The Balaban J connectivity index is 2.69. The Morgan fingerprint density at radius 3 is 2.58 bits per heavy atom. The highest BCUT2D eigenvalue weighted by molar-refractivity contribution is 5.86. The molecule has 1 aromatic carbocycles. The van der Waals surface area contributed by atoms with E-state index in [0.717, 1.165) is 0 Å². The topological polar surface area (TPSA) is 64.3 Å². The number of methoxy groups -OCH3 is 1. The van der Waals surface area contributed by atoms with Crippen LogP contribution in [0.2, 0.25) is 0 Å². The molecule has 0 spiro atoms. The lowest BCUT2D eigenvalue weighted by Crippen LogP contribution is -2.61. The molecule has 0 radical (unpaired) electrons.